The van der Waals surface area contributed by atoms with Crippen molar-refractivity contribution in [2.45, 2.75) is 0 Å². The Hall–Kier alpha value is 2.91. The molecule has 0 unspecified atom stereocenters. The fourth-order valence-corrected chi connectivity index (χ4v) is 0. The fourth-order valence-electron chi connectivity index (χ4n) is 0. The predicted molar refractivity (Wildman–Crippen MR) is 37.0 cm³/mol. The first kappa shape index (κ1) is 28.5. The van der Waals surface area contributed by atoms with Gasteiger partial charge in [-0.05, 0) is 0 Å². The number of hydrogen-bond donors (Lipinski definition) is 0. The summed E-state index contributed by atoms with van der Waals surface area (Å²) in [5.41, 5.74) is 0. The second-order valence-corrected chi connectivity index (χ2v) is 0. The van der Waals surface area contributed by atoms with Gasteiger partial charge in [0.05, 0.1) is 0 Å². The van der Waals surface area contributed by atoms with E-state index in [0.717, 1.165) is 0 Å². The summed E-state index contributed by atoms with van der Waals surface area (Å²) in [6.45, 7) is 0. The van der Waals surface area contributed by atoms with Gasteiger partial charge in [-0.25, -0.2) is 0 Å². The summed E-state index contributed by atoms with van der Waals surface area (Å²) in [6.07, 6.45) is 0. The molecule has 0 atom stereocenters. The van der Waals surface area contributed by atoms with Crippen LogP contribution in [0.5, 0.6) is 0 Å². The maximum atomic E-state index is 0. The Morgan fingerprint density at radius 3 is 0.500 bits per heavy atom. The summed E-state index contributed by atoms with van der Waals surface area (Å²) in [7, 11) is 0. The van der Waals surface area contributed by atoms with Crippen LogP contribution in [0.15, 0.2) is 0 Å². The molecule has 0 spiro atoms. The van der Waals surface area contributed by atoms with Crippen LogP contribution < -0.4 is 0 Å². The topological polar surface area (TPSA) is 0 Å². The average molecular weight is 478 g/mol. The van der Waals surface area contributed by atoms with Gasteiger partial charge in [0.15, 0.2) is 34.7 Å². The van der Waals surface area contributed by atoms with E-state index < -0.39 is 0 Å². The standard InChI is InChI=1S/2Al.2Pb.10H. The monoisotopic (exact) mass is 480 g/mol. The number of rotatable bonds is 0. The SMILES string of the molecule is [AlH3].[AlH3].[PbH2].[PbH2]. The third-order valence-electron chi connectivity index (χ3n) is 0. The normalized spacial score (nSPS) is 0. The molecule has 0 heterocycles. The van der Waals surface area contributed by atoms with E-state index in [0.29, 0.717) is 0 Å². The Balaban J connectivity index is 0. The summed E-state index contributed by atoms with van der Waals surface area (Å²) in [5.74, 6) is 0. The molecule has 0 aromatic heterocycles. The molecule has 0 fully saturated rings. The van der Waals surface area contributed by atoms with Crippen LogP contribution in [0.2, 0.25) is 0 Å². The molecule has 0 nitrogen and oxygen atoms in total. The molecule has 0 aliphatic rings. The van der Waals surface area contributed by atoms with Crippen LogP contribution >= 0.6 is 0 Å². The summed E-state index contributed by atoms with van der Waals surface area (Å²) < 4.78 is 0. The summed E-state index contributed by atoms with van der Waals surface area (Å²) in [4.78, 5) is 0. The second-order valence-electron chi connectivity index (χ2n) is 0. The van der Waals surface area contributed by atoms with E-state index in [9.17, 15) is 0 Å². The summed E-state index contributed by atoms with van der Waals surface area (Å²) in [6, 6.07) is 0. The second kappa shape index (κ2) is 16.8. The Morgan fingerprint density at radius 1 is 0.500 bits per heavy atom. The first-order valence-electron chi connectivity index (χ1n) is 0. The predicted octanol–water partition coefficient (Wildman–Crippen LogP) is -4.20. The van der Waals surface area contributed by atoms with Crippen LogP contribution in [0.1, 0.15) is 0 Å². The van der Waals surface area contributed by atoms with Gasteiger partial charge in [-0.2, -0.15) is 0 Å². The van der Waals surface area contributed by atoms with Gasteiger partial charge < -0.3 is 0 Å². The van der Waals surface area contributed by atoms with Gasteiger partial charge in [-0.1, -0.05) is 0 Å². The molecule has 4 heavy (non-hydrogen) atoms. The third-order valence-corrected chi connectivity index (χ3v) is 0. The van der Waals surface area contributed by atoms with Gasteiger partial charge in [-0.3, -0.25) is 0 Å². The van der Waals surface area contributed by atoms with E-state index >= 15 is 0 Å². The Morgan fingerprint density at radius 2 is 0.500 bits per heavy atom. The molecule has 0 rings (SSSR count). The molecule has 4 radical (unpaired) electrons. The molecule has 4 heteroatoms. The van der Waals surface area contributed by atoms with Crippen molar-refractivity contribution >= 4 is 89.3 Å². The third kappa shape index (κ3) is 8.86. The molecule has 0 aliphatic heterocycles. The Bertz CT molecular complexity index is 4.00. The molecule has 0 bridgehead atoms. The zero-order valence-electron chi connectivity index (χ0n) is 1.41. The Kier molecular flexibility index (Phi) is 120. The van der Waals surface area contributed by atoms with E-state index in [1.807, 2.05) is 0 Å². The van der Waals surface area contributed by atoms with Crippen molar-refractivity contribution in [3.63, 3.8) is 0 Å². The van der Waals surface area contributed by atoms with Crippen molar-refractivity contribution in [2.75, 3.05) is 0 Å². The van der Waals surface area contributed by atoms with Crippen molar-refractivity contribution in [3.8, 4) is 0 Å². The average Bonchev–Trinajstić information content (AvgIpc) is 0. The van der Waals surface area contributed by atoms with Gasteiger partial charge in [0.2, 0.25) is 0 Å². The first-order valence-corrected chi connectivity index (χ1v) is 0. The van der Waals surface area contributed by atoms with Crippen LogP contribution in [-0.2, 0) is 0 Å². The van der Waals surface area contributed by atoms with E-state index in [1.54, 1.807) is 0 Å². The van der Waals surface area contributed by atoms with Crippen LogP contribution in [0, 0.1) is 0 Å². The minimum absolute atomic E-state index is 0. The van der Waals surface area contributed by atoms with Crippen molar-refractivity contribution in [1.29, 1.82) is 0 Å². The van der Waals surface area contributed by atoms with Gasteiger partial charge in [0.1, 0.15) is 0 Å². The molecular formula is H10Al2Pb2. The van der Waals surface area contributed by atoms with Crippen molar-refractivity contribution < 1.29 is 0 Å². The zero-order chi connectivity index (χ0) is 0. The quantitative estimate of drug-likeness (QED) is 0.310. The zero-order valence-corrected chi connectivity index (χ0v) is 12.4. The molecule has 0 saturated heterocycles. The fraction of sp³-hybridized carbons (Fsp3) is 0. The van der Waals surface area contributed by atoms with Gasteiger partial charge >= 0.3 is 54.6 Å². The van der Waals surface area contributed by atoms with Crippen LogP contribution in [0.4, 0.5) is 0 Å². The molecule has 0 N–H and O–H groups in total. The van der Waals surface area contributed by atoms with Gasteiger partial charge in [0.25, 0.3) is 0 Å². The molecular weight excluding hydrogens is 468 g/mol. The molecule has 24 valence electrons. The van der Waals surface area contributed by atoms with Crippen molar-refractivity contribution in [1.82, 2.24) is 0 Å². The molecule has 0 aromatic rings. The molecule has 0 aromatic carbocycles. The van der Waals surface area contributed by atoms with Crippen molar-refractivity contribution in [2.24, 2.45) is 0 Å². The van der Waals surface area contributed by atoms with E-state index in [2.05, 4.69) is 0 Å². The van der Waals surface area contributed by atoms with Gasteiger partial charge in [0, 0.05) is 0 Å². The summed E-state index contributed by atoms with van der Waals surface area (Å²) in [5, 5.41) is 0. The maximum absolute atomic E-state index is 0. The van der Waals surface area contributed by atoms with E-state index in [4.69, 9.17) is 0 Å². The van der Waals surface area contributed by atoms with Crippen molar-refractivity contribution in [3.05, 3.63) is 0 Å². The van der Waals surface area contributed by atoms with Crippen LogP contribution in [0.25, 0.3) is 0 Å². The van der Waals surface area contributed by atoms with E-state index in [-0.39, 0.29) is 89.3 Å². The number of hydrogen-bond acceptors (Lipinski definition) is 0. The minimum atomic E-state index is 0. The molecule has 0 aliphatic carbocycles. The Labute approximate surface area is 87.7 Å². The van der Waals surface area contributed by atoms with Gasteiger partial charge in [-0.15, -0.1) is 0 Å². The summed E-state index contributed by atoms with van der Waals surface area (Å²) >= 11 is 0. The molecule has 0 saturated carbocycles. The molecule has 0 amide bonds. The van der Waals surface area contributed by atoms with Crippen LogP contribution in [-0.4, -0.2) is 89.3 Å². The first-order chi connectivity index (χ1) is 0. The van der Waals surface area contributed by atoms with Crippen LogP contribution in [0.3, 0.4) is 0 Å². The van der Waals surface area contributed by atoms with E-state index in [1.165, 1.54) is 0 Å².